The number of hydrogen-bond acceptors (Lipinski definition) is 3. The van der Waals surface area contributed by atoms with Crippen LogP contribution in [0.15, 0.2) is 79.0 Å². The molecule has 3 heterocycles. The van der Waals surface area contributed by atoms with E-state index in [-0.39, 0.29) is 17.9 Å². The van der Waals surface area contributed by atoms with E-state index in [1.807, 2.05) is 59.3 Å². The van der Waals surface area contributed by atoms with E-state index < -0.39 is 6.04 Å². The number of nitrogens with zero attached hydrogens (tertiary/aromatic N) is 2. The van der Waals surface area contributed by atoms with E-state index in [9.17, 15) is 9.59 Å². The Morgan fingerprint density at radius 1 is 1.00 bits per heavy atom. The minimum Gasteiger partial charge on any atom is -0.361 e. The molecule has 4 aromatic rings. The van der Waals surface area contributed by atoms with Crippen LogP contribution in [0.1, 0.15) is 53.9 Å². The number of carbonyl (C=O) groups excluding carboxylic acids is 2. The Morgan fingerprint density at radius 3 is 2.52 bits per heavy atom. The Balaban J connectivity index is 1.25. The van der Waals surface area contributed by atoms with Crippen LogP contribution < -0.4 is 16.0 Å². The van der Waals surface area contributed by atoms with E-state index in [4.69, 9.17) is 5.73 Å². The number of benzene rings is 3. The van der Waals surface area contributed by atoms with Crippen LogP contribution in [0, 0.1) is 0 Å². The van der Waals surface area contributed by atoms with Crippen molar-refractivity contribution in [3.63, 3.8) is 0 Å². The summed E-state index contributed by atoms with van der Waals surface area (Å²) < 4.78 is 0. The molecule has 1 aromatic heterocycles. The number of likely N-dealkylation sites (tertiary alicyclic amines) is 1. The van der Waals surface area contributed by atoms with Gasteiger partial charge in [-0.25, -0.2) is 4.79 Å². The highest BCUT2D eigenvalue weighted by Crippen LogP contribution is 2.34. The van der Waals surface area contributed by atoms with Gasteiger partial charge in [-0.2, -0.15) is 0 Å². The highest BCUT2D eigenvalue weighted by Gasteiger charge is 2.37. The number of nitrogens with one attached hydrogen (secondary N) is 2. The number of nitrogens with two attached hydrogens (primary N) is 1. The molecule has 1 fully saturated rings. The third kappa shape index (κ3) is 4.97. The average Bonchev–Trinajstić information content (AvgIpc) is 3.64. The molecule has 2 aliphatic rings. The summed E-state index contributed by atoms with van der Waals surface area (Å²) in [5, 5.41) is 4.25. The average molecular weight is 536 g/mol. The Bertz CT molecular complexity index is 1510. The summed E-state index contributed by atoms with van der Waals surface area (Å²) in [6.45, 7) is 4.38. The number of amides is 3. The predicted octanol–water partition coefficient (Wildman–Crippen LogP) is 5.28. The van der Waals surface area contributed by atoms with E-state index in [1.54, 1.807) is 0 Å². The Labute approximate surface area is 235 Å². The number of urea groups is 1. The summed E-state index contributed by atoms with van der Waals surface area (Å²) in [5.41, 5.74) is 12.3. The molecule has 7 heteroatoms. The number of anilines is 1. The van der Waals surface area contributed by atoms with Crippen molar-refractivity contribution in [2.45, 2.75) is 50.6 Å². The summed E-state index contributed by atoms with van der Waals surface area (Å²) in [6, 6.07) is 23.8. The molecule has 0 saturated carbocycles. The van der Waals surface area contributed by atoms with Gasteiger partial charge >= 0.3 is 6.03 Å². The molecule has 2 aliphatic heterocycles. The molecular formula is C33H37N5O2. The van der Waals surface area contributed by atoms with Crippen molar-refractivity contribution in [1.82, 2.24) is 15.2 Å². The molecule has 0 aliphatic carbocycles. The molecule has 0 unspecified atom stereocenters. The summed E-state index contributed by atoms with van der Waals surface area (Å²) in [6.07, 6.45) is 4.59. The lowest BCUT2D eigenvalue weighted by atomic mass is 9.89. The van der Waals surface area contributed by atoms with Crippen LogP contribution in [0.25, 0.3) is 10.9 Å². The van der Waals surface area contributed by atoms with E-state index >= 15 is 0 Å². The van der Waals surface area contributed by atoms with Crippen molar-refractivity contribution in [2.75, 3.05) is 24.5 Å². The van der Waals surface area contributed by atoms with Crippen LogP contribution >= 0.6 is 0 Å². The van der Waals surface area contributed by atoms with Crippen LogP contribution in [-0.4, -0.2) is 47.5 Å². The number of aromatic nitrogens is 1. The van der Waals surface area contributed by atoms with Gasteiger partial charge in [0.25, 0.3) is 0 Å². The van der Waals surface area contributed by atoms with Crippen LogP contribution in [-0.2, 0) is 17.8 Å². The minimum atomic E-state index is -0.717. The van der Waals surface area contributed by atoms with E-state index in [0.29, 0.717) is 32.1 Å². The summed E-state index contributed by atoms with van der Waals surface area (Å²) >= 11 is 0. The van der Waals surface area contributed by atoms with Gasteiger partial charge in [-0.05, 0) is 59.6 Å². The third-order valence-corrected chi connectivity index (χ3v) is 8.76. The molecule has 0 spiro atoms. The number of piperidine rings is 1. The molecule has 4 N–H and O–H groups in total. The van der Waals surface area contributed by atoms with Crippen LogP contribution in [0.2, 0.25) is 0 Å². The maximum absolute atomic E-state index is 14.3. The zero-order valence-electron chi connectivity index (χ0n) is 23.0. The number of para-hydroxylation sites is 1. The van der Waals surface area contributed by atoms with Crippen LogP contribution in [0.5, 0.6) is 0 Å². The largest absolute Gasteiger partial charge is 0.361 e. The lowest BCUT2D eigenvalue weighted by Gasteiger charge is -2.35. The van der Waals surface area contributed by atoms with Crippen molar-refractivity contribution in [3.05, 3.63) is 101 Å². The first kappa shape index (κ1) is 26.1. The Morgan fingerprint density at radius 2 is 1.75 bits per heavy atom. The number of hydrogen-bond donors (Lipinski definition) is 3. The lowest BCUT2D eigenvalue weighted by Crippen LogP contribution is -2.55. The first-order valence-electron chi connectivity index (χ1n) is 14.3. The van der Waals surface area contributed by atoms with Crippen molar-refractivity contribution >= 4 is 28.5 Å². The summed E-state index contributed by atoms with van der Waals surface area (Å²) in [5.74, 6) is 0.125. The number of H-pyrrole nitrogens is 1. The topological polar surface area (TPSA) is 94.5 Å². The van der Waals surface area contributed by atoms with Gasteiger partial charge in [-0.15, -0.1) is 0 Å². The molecule has 6 rings (SSSR count). The predicted molar refractivity (Wildman–Crippen MR) is 159 cm³/mol. The molecule has 1 saturated heterocycles. The van der Waals surface area contributed by atoms with Gasteiger partial charge in [0.15, 0.2) is 0 Å². The first-order valence-corrected chi connectivity index (χ1v) is 14.3. The monoisotopic (exact) mass is 535 g/mol. The van der Waals surface area contributed by atoms with Gasteiger partial charge in [0.1, 0.15) is 6.04 Å². The normalized spacial score (nSPS) is 17.1. The zero-order chi connectivity index (χ0) is 27.6. The molecule has 0 bridgehead atoms. The van der Waals surface area contributed by atoms with E-state index in [0.717, 1.165) is 52.5 Å². The maximum atomic E-state index is 14.3. The highest BCUT2D eigenvalue weighted by atomic mass is 16.2. The second-order valence-electron chi connectivity index (χ2n) is 11.1. The second kappa shape index (κ2) is 11.2. The summed E-state index contributed by atoms with van der Waals surface area (Å²) in [7, 11) is 0. The SMILES string of the molecule is C[C@H](c1c[nH]c2ccccc12)[C@@H](NC(=O)N1CCC(c2ccccc2)CC1)C(=O)N1CCc2ccc(CN)cc21. The number of carbonyl (C=O) groups is 2. The quantitative estimate of drug-likeness (QED) is 0.314. The van der Waals surface area contributed by atoms with E-state index in [2.05, 4.69) is 46.7 Å². The lowest BCUT2D eigenvalue weighted by molar-refractivity contribution is -0.120. The van der Waals surface area contributed by atoms with Crippen LogP contribution in [0.3, 0.4) is 0 Å². The van der Waals surface area contributed by atoms with E-state index in [1.165, 1.54) is 5.56 Å². The van der Waals surface area contributed by atoms with Crippen molar-refractivity contribution in [3.8, 4) is 0 Å². The van der Waals surface area contributed by atoms with Crippen molar-refractivity contribution < 1.29 is 9.59 Å². The molecule has 7 nitrogen and oxygen atoms in total. The van der Waals surface area contributed by atoms with Crippen molar-refractivity contribution in [1.29, 1.82) is 0 Å². The first-order chi connectivity index (χ1) is 19.5. The Hall–Kier alpha value is -4.10. The molecule has 3 aromatic carbocycles. The fourth-order valence-corrected chi connectivity index (χ4v) is 6.36. The Kier molecular flexibility index (Phi) is 7.30. The second-order valence-corrected chi connectivity index (χ2v) is 11.1. The van der Waals surface area contributed by atoms with Crippen molar-refractivity contribution in [2.24, 2.45) is 5.73 Å². The molecule has 40 heavy (non-hydrogen) atoms. The zero-order valence-corrected chi connectivity index (χ0v) is 23.0. The molecule has 0 radical (unpaired) electrons. The van der Waals surface area contributed by atoms with Gasteiger partial charge in [0.2, 0.25) is 5.91 Å². The summed E-state index contributed by atoms with van der Waals surface area (Å²) in [4.78, 5) is 35.0. The maximum Gasteiger partial charge on any atom is 0.318 e. The molecule has 206 valence electrons. The third-order valence-electron chi connectivity index (χ3n) is 8.76. The highest BCUT2D eigenvalue weighted by molar-refractivity contribution is 6.02. The minimum absolute atomic E-state index is 0.0850. The number of rotatable bonds is 6. The fraction of sp³-hybridized carbons (Fsp3) is 0.333. The molecule has 2 atom stereocenters. The smallest absolute Gasteiger partial charge is 0.318 e. The van der Waals surface area contributed by atoms with Crippen LogP contribution in [0.4, 0.5) is 10.5 Å². The van der Waals surface area contributed by atoms with Gasteiger partial charge < -0.3 is 25.8 Å². The fourth-order valence-electron chi connectivity index (χ4n) is 6.36. The van der Waals surface area contributed by atoms with Gasteiger partial charge in [-0.3, -0.25) is 4.79 Å². The number of aromatic amines is 1. The molecular weight excluding hydrogens is 498 g/mol. The van der Waals surface area contributed by atoms with Gasteiger partial charge in [0, 0.05) is 54.9 Å². The number of fused-ring (bicyclic) bond motifs is 2. The van der Waals surface area contributed by atoms with Gasteiger partial charge in [-0.1, -0.05) is 67.6 Å². The standard InChI is InChI=1S/C33H37N5O2/c1-22(28-21-35-29-10-6-5-9-27(28)29)31(32(39)38-18-15-26-12-11-23(20-34)19-30(26)38)36-33(40)37-16-13-25(14-17-37)24-7-3-2-4-8-24/h2-12,19,21-22,25,31,35H,13-18,20,34H2,1H3,(H,36,40)/t22-,31-/m1/s1. The molecule has 3 amide bonds. The van der Waals surface area contributed by atoms with Gasteiger partial charge in [0.05, 0.1) is 0 Å².